The van der Waals surface area contributed by atoms with E-state index in [1.54, 1.807) is 42.6 Å². The minimum atomic E-state index is -1.10. The Labute approximate surface area is 184 Å². The largest absolute Gasteiger partial charge is 0.504 e. The van der Waals surface area contributed by atoms with Crippen LogP contribution < -0.4 is 4.74 Å². The summed E-state index contributed by atoms with van der Waals surface area (Å²) in [5.74, 6) is -0.696. The van der Waals surface area contributed by atoms with Crippen molar-refractivity contribution >= 4 is 28.7 Å². The van der Waals surface area contributed by atoms with E-state index in [1.807, 2.05) is 30.3 Å². The second kappa shape index (κ2) is 9.22. The van der Waals surface area contributed by atoms with Crippen LogP contribution in [-0.2, 0) is 9.53 Å². The molecule has 0 saturated heterocycles. The summed E-state index contributed by atoms with van der Waals surface area (Å²) in [4.78, 5) is 29.1. The number of benzene rings is 3. The average Bonchev–Trinajstić information content (AvgIpc) is 3.26. The molecule has 2 N–H and O–H groups in total. The second-order valence-corrected chi connectivity index (χ2v) is 7.10. The molecule has 0 amide bonds. The lowest BCUT2D eigenvalue weighted by atomic mass is 9.99. The van der Waals surface area contributed by atoms with Crippen LogP contribution in [0.3, 0.4) is 0 Å². The van der Waals surface area contributed by atoms with Crippen LogP contribution in [0.2, 0.25) is 0 Å². The zero-order chi connectivity index (χ0) is 22.5. The lowest BCUT2D eigenvalue weighted by molar-refractivity contribution is -0.141. The lowest BCUT2D eigenvalue weighted by Gasteiger charge is -2.16. The molecule has 4 rings (SSSR count). The standard InChI is InChI=1S/C26H21NO5/c1-31-23-15-17(11-13-22(23)28)12-14-24(29)32-26(18-7-3-2-4-8-18)25(30)20-16-27-21-10-6-5-9-19(20)21/h2-16,26-28H,1H3. The van der Waals surface area contributed by atoms with Gasteiger partial charge >= 0.3 is 5.97 Å². The highest BCUT2D eigenvalue weighted by molar-refractivity contribution is 6.10. The number of ketones is 1. The predicted octanol–water partition coefficient (Wildman–Crippen LogP) is 5.06. The topological polar surface area (TPSA) is 88.6 Å². The Hall–Kier alpha value is -4.32. The number of carbonyl (C=O) groups excluding carboxylic acids is 2. The summed E-state index contributed by atoms with van der Waals surface area (Å²) in [6.45, 7) is 0. The molecular weight excluding hydrogens is 406 g/mol. The molecule has 1 unspecified atom stereocenters. The van der Waals surface area contributed by atoms with E-state index < -0.39 is 12.1 Å². The molecule has 1 aromatic heterocycles. The Kier molecular flexibility index (Phi) is 6.03. The smallest absolute Gasteiger partial charge is 0.331 e. The number of esters is 1. The number of rotatable bonds is 7. The van der Waals surface area contributed by atoms with Gasteiger partial charge in [0.25, 0.3) is 0 Å². The van der Waals surface area contributed by atoms with Crippen molar-refractivity contribution in [2.75, 3.05) is 7.11 Å². The summed E-state index contributed by atoms with van der Waals surface area (Å²) in [5.41, 5.74) is 2.50. The van der Waals surface area contributed by atoms with Crippen molar-refractivity contribution in [2.24, 2.45) is 0 Å². The Bertz CT molecular complexity index is 1290. The summed E-state index contributed by atoms with van der Waals surface area (Å²) in [5, 5.41) is 10.5. The van der Waals surface area contributed by atoms with E-state index in [4.69, 9.17) is 9.47 Å². The first-order chi connectivity index (χ1) is 15.6. The molecule has 0 bridgehead atoms. The Morgan fingerprint density at radius 1 is 1.00 bits per heavy atom. The van der Waals surface area contributed by atoms with E-state index in [9.17, 15) is 14.7 Å². The fourth-order valence-corrected chi connectivity index (χ4v) is 3.43. The summed E-state index contributed by atoms with van der Waals surface area (Å²) in [6.07, 6.45) is 3.31. The van der Waals surface area contributed by atoms with Crippen LogP contribution in [0.25, 0.3) is 17.0 Å². The van der Waals surface area contributed by atoms with Crippen LogP contribution in [-0.4, -0.2) is 29.0 Å². The fourth-order valence-electron chi connectivity index (χ4n) is 3.43. The Morgan fingerprint density at radius 2 is 1.75 bits per heavy atom. The lowest BCUT2D eigenvalue weighted by Crippen LogP contribution is -2.19. The van der Waals surface area contributed by atoms with Crippen LogP contribution in [0.5, 0.6) is 11.5 Å². The maximum absolute atomic E-state index is 13.4. The third-order valence-corrected chi connectivity index (χ3v) is 5.04. The van der Waals surface area contributed by atoms with Crippen LogP contribution >= 0.6 is 0 Å². The van der Waals surface area contributed by atoms with Crippen molar-refractivity contribution in [2.45, 2.75) is 6.10 Å². The first kappa shape index (κ1) is 20.9. The molecule has 0 radical (unpaired) electrons. The average molecular weight is 427 g/mol. The van der Waals surface area contributed by atoms with Crippen LogP contribution in [0, 0.1) is 0 Å². The van der Waals surface area contributed by atoms with Gasteiger partial charge in [0.15, 0.2) is 17.6 Å². The zero-order valence-corrected chi connectivity index (χ0v) is 17.3. The summed E-state index contributed by atoms with van der Waals surface area (Å²) in [6, 6.07) is 21.1. The van der Waals surface area contributed by atoms with E-state index in [-0.39, 0.29) is 17.3 Å². The van der Waals surface area contributed by atoms with Crippen molar-refractivity contribution in [3.05, 3.63) is 102 Å². The molecule has 1 atom stereocenters. The molecule has 0 spiro atoms. The molecule has 0 aliphatic carbocycles. The zero-order valence-electron chi connectivity index (χ0n) is 17.3. The number of hydrogen-bond donors (Lipinski definition) is 2. The minimum Gasteiger partial charge on any atom is -0.504 e. The summed E-state index contributed by atoms with van der Waals surface area (Å²) >= 11 is 0. The number of aromatic amines is 1. The van der Waals surface area contributed by atoms with Crippen molar-refractivity contribution in [1.29, 1.82) is 0 Å². The molecule has 4 aromatic rings. The molecule has 0 fully saturated rings. The van der Waals surface area contributed by atoms with Gasteiger partial charge in [-0.2, -0.15) is 0 Å². The van der Waals surface area contributed by atoms with E-state index in [0.717, 1.165) is 10.9 Å². The fraction of sp³-hybridized carbons (Fsp3) is 0.0769. The number of Topliss-reactive ketones (excluding diaryl/α,β-unsaturated/α-hetero) is 1. The van der Waals surface area contributed by atoms with E-state index in [0.29, 0.717) is 16.7 Å². The molecular formula is C26H21NO5. The van der Waals surface area contributed by atoms with Gasteiger partial charge in [-0.05, 0) is 29.8 Å². The predicted molar refractivity (Wildman–Crippen MR) is 122 cm³/mol. The summed E-state index contributed by atoms with van der Waals surface area (Å²) in [7, 11) is 1.44. The number of aromatic nitrogens is 1. The van der Waals surface area contributed by atoms with Crippen LogP contribution in [0.4, 0.5) is 0 Å². The number of nitrogens with one attached hydrogen (secondary N) is 1. The van der Waals surface area contributed by atoms with Gasteiger partial charge in [-0.1, -0.05) is 54.6 Å². The minimum absolute atomic E-state index is 0.000643. The van der Waals surface area contributed by atoms with Crippen LogP contribution in [0.1, 0.15) is 27.6 Å². The van der Waals surface area contributed by atoms with E-state index in [1.165, 1.54) is 25.3 Å². The van der Waals surface area contributed by atoms with Gasteiger partial charge in [0, 0.05) is 34.3 Å². The highest BCUT2D eigenvalue weighted by Gasteiger charge is 2.27. The third kappa shape index (κ3) is 4.39. The third-order valence-electron chi connectivity index (χ3n) is 5.04. The molecule has 0 aliphatic heterocycles. The number of phenolic OH excluding ortho intramolecular Hbond substituents is 1. The number of para-hydroxylation sites is 1. The van der Waals surface area contributed by atoms with Gasteiger partial charge in [0.05, 0.1) is 7.11 Å². The number of phenols is 1. The highest BCUT2D eigenvalue weighted by atomic mass is 16.5. The monoisotopic (exact) mass is 427 g/mol. The number of methoxy groups -OCH3 is 1. The van der Waals surface area contributed by atoms with Crippen molar-refractivity contribution in [3.8, 4) is 11.5 Å². The van der Waals surface area contributed by atoms with Crippen LogP contribution in [0.15, 0.2) is 85.1 Å². The van der Waals surface area contributed by atoms with Gasteiger partial charge in [0.2, 0.25) is 5.78 Å². The SMILES string of the molecule is COc1cc(C=CC(=O)OC(C(=O)c2c[nH]c3ccccc23)c2ccccc2)ccc1O. The molecule has 0 aliphatic rings. The number of fused-ring (bicyclic) bond motifs is 1. The maximum Gasteiger partial charge on any atom is 0.331 e. The van der Waals surface area contributed by atoms with Gasteiger partial charge in [-0.15, -0.1) is 0 Å². The normalized spacial score (nSPS) is 12.0. The Morgan fingerprint density at radius 3 is 2.53 bits per heavy atom. The van der Waals surface area contributed by atoms with Gasteiger partial charge in [0.1, 0.15) is 0 Å². The molecule has 32 heavy (non-hydrogen) atoms. The molecule has 1 heterocycles. The van der Waals surface area contributed by atoms with E-state index >= 15 is 0 Å². The molecule has 6 heteroatoms. The first-order valence-electron chi connectivity index (χ1n) is 9.98. The van der Waals surface area contributed by atoms with Crippen molar-refractivity contribution in [1.82, 2.24) is 4.98 Å². The van der Waals surface area contributed by atoms with Crippen molar-refractivity contribution in [3.63, 3.8) is 0 Å². The van der Waals surface area contributed by atoms with Gasteiger partial charge < -0.3 is 19.6 Å². The number of ether oxygens (including phenoxy) is 2. The molecule has 6 nitrogen and oxygen atoms in total. The quantitative estimate of drug-likeness (QED) is 0.244. The molecule has 160 valence electrons. The first-order valence-corrected chi connectivity index (χ1v) is 9.98. The molecule has 3 aromatic carbocycles. The number of hydrogen-bond acceptors (Lipinski definition) is 5. The van der Waals surface area contributed by atoms with Gasteiger partial charge in [-0.25, -0.2) is 4.79 Å². The number of carbonyl (C=O) groups is 2. The molecule has 0 saturated carbocycles. The van der Waals surface area contributed by atoms with E-state index in [2.05, 4.69) is 4.98 Å². The summed E-state index contributed by atoms with van der Waals surface area (Å²) < 4.78 is 10.7. The van der Waals surface area contributed by atoms with Gasteiger partial charge in [-0.3, -0.25) is 4.79 Å². The number of aromatic hydroxyl groups is 1. The Balaban J connectivity index is 1.60. The van der Waals surface area contributed by atoms with Crippen molar-refractivity contribution < 1.29 is 24.2 Å². The maximum atomic E-state index is 13.4. The second-order valence-electron chi connectivity index (χ2n) is 7.10. The highest BCUT2D eigenvalue weighted by Crippen LogP contribution is 2.28. The number of H-pyrrole nitrogens is 1.